The number of hydrogen-bond acceptors (Lipinski definition) is 8. The molecule has 2 aliphatic rings. The number of ether oxygens (including phenoxy) is 4. The second-order valence-electron chi connectivity index (χ2n) is 10.8. The maximum Gasteiger partial charge on any atom is 0.314 e. The molecule has 4 heterocycles. The van der Waals surface area contributed by atoms with E-state index >= 15 is 0 Å². The first kappa shape index (κ1) is 27.9. The SMILES string of the molecule is Cc1cc(OCC2CCCO2)c2cc(NC(=O)C(=O)Nc3ccc4nc(C)cc(OCC5CCCO5)c4c3)ccc2n1. The maximum atomic E-state index is 12.9. The van der Waals surface area contributed by atoms with Gasteiger partial charge in [0.25, 0.3) is 0 Å². The average Bonchev–Trinajstić information content (AvgIpc) is 3.70. The van der Waals surface area contributed by atoms with E-state index < -0.39 is 11.8 Å². The van der Waals surface area contributed by atoms with E-state index in [1.165, 1.54) is 0 Å². The Hall–Kier alpha value is -4.28. The van der Waals surface area contributed by atoms with Crippen LogP contribution in [-0.4, -0.2) is 60.4 Å². The fourth-order valence-corrected chi connectivity index (χ4v) is 5.33. The molecule has 0 aliphatic carbocycles. The zero-order chi connectivity index (χ0) is 29.1. The second kappa shape index (κ2) is 12.3. The molecule has 2 aromatic carbocycles. The van der Waals surface area contributed by atoms with E-state index in [1.807, 2.05) is 26.0 Å². The number of anilines is 2. The number of nitrogens with zero attached hydrogens (tertiary/aromatic N) is 2. The van der Waals surface area contributed by atoms with Crippen LogP contribution in [0.3, 0.4) is 0 Å². The van der Waals surface area contributed by atoms with Crippen molar-refractivity contribution in [1.29, 1.82) is 0 Å². The third-order valence-corrected chi connectivity index (χ3v) is 7.42. The molecule has 10 heteroatoms. The normalized spacial score (nSPS) is 18.3. The van der Waals surface area contributed by atoms with Gasteiger partial charge in [-0.1, -0.05) is 0 Å². The van der Waals surface area contributed by atoms with Crippen molar-refractivity contribution in [2.45, 2.75) is 51.7 Å². The number of aromatic nitrogens is 2. The van der Waals surface area contributed by atoms with Gasteiger partial charge in [0, 0.05) is 58.9 Å². The Bertz CT molecular complexity index is 1510. The van der Waals surface area contributed by atoms with Crippen LogP contribution in [0.25, 0.3) is 21.8 Å². The van der Waals surface area contributed by atoms with Crippen LogP contribution < -0.4 is 20.1 Å². The van der Waals surface area contributed by atoms with Crippen LogP contribution in [0.15, 0.2) is 48.5 Å². The number of benzene rings is 2. The Morgan fingerprint density at radius 2 is 1.19 bits per heavy atom. The summed E-state index contributed by atoms with van der Waals surface area (Å²) in [6.07, 6.45) is 4.13. The summed E-state index contributed by atoms with van der Waals surface area (Å²) in [5.74, 6) is -0.279. The van der Waals surface area contributed by atoms with Crippen LogP contribution in [0, 0.1) is 13.8 Å². The average molecular weight is 571 g/mol. The molecule has 0 saturated carbocycles. The Balaban J connectivity index is 1.15. The smallest absolute Gasteiger partial charge is 0.314 e. The summed E-state index contributed by atoms with van der Waals surface area (Å²) >= 11 is 0. The van der Waals surface area contributed by atoms with E-state index in [-0.39, 0.29) is 12.2 Å². The number of carbonyl (C=O) groups is 2. The van der Waals surface area contributed by atoms with Crippen molar-refractivity contribution in [2.24, 2.45) is 0 Å². The lowest BCUT2D eigenvalue weighted by Crippen LogP contribution is -2.29. The van der Waals surface area contributed by atoms with E-state index in [1.54, 1.807) is 36.4 Å². The van der Waals surface area contributed by atoms with E-state index in [4.69, 9.17) is 18.9 Å². The van der Waals surface area contributed by atoms with E-state index in [0.717, 1.165) is 72.1 Å². The minimum absolute atomic E-state index is 0.0685. The number of hydrogen-bond donors (Lipinski definition) is 2. The molecule has 2 amide bonds. The predicted molar refractivity (Wildman–Crippen MR) is 159 cm³/mol. The van der Waals surface area contributed by atoms with Crippen LogP contribution >= 0.6 is 0 Å². The van der Waals surface area contributed by atoms with Gasteiger partial charge in [-0.2, -0.15) is 0 Å². The van der Waals surface area contributed by atoms with Gasteiger partial charge in [0.2, 0.25) is 0 Å². The van der Waals surface area contributed by atoms with Gasteiger partial charge in [0.05, 0.1) is 23.2 Å². The molecule has 10 nitrogen and oxygen atoms in total. The predicted octanol–water partition coefficient (Wildman–Crippen LogP) is 5.09. The van der Waals surface area contributed by atoms with Gasteiger partial charge in [-0.05, 0) is 75.9 Å². The highest BCUT2D eigenvalue weighted by Gasteiger charge is 2.20. The summed E-state index contributed by atoms with van der Waals surface area (Å²) in [5, 5.41) is 6.86. The summed E-state index contributed by atoms with van der Waals surface area (Å²) < 4.78 is 23.5. The van der Waals surface area contributed by atoms with Crippen molar-refractivity contribution in [3.63, 3.8) is 0 Å². The highest BCUT2D eigenvalue weighted by Crippen LogP contribution is 2.31. The molecule has 0 bridgehead atoms. The molecule has 2 aliphatic heterocycles. The first-order chi connectivity index (χ1) is 20.4. The van der Waals surface area contributed by atoms with E-state index in [0.29, 0.717) is 36.1 Å². The molecule has 6 rings (SSSR count). The number of carbonyl (C=O) groups excluding carboxylic acids is 2. The molecule has 2 unspecified atom stereocenters. The fourth-order valence-electron chi connectivity index (χ4n) is 5.33. The van der Waals surface area contributed by atoms with E-state index in [2.05, 4.69) is 20.6 Å². The lowest BCUT2D eigenvalue weighted by atomic mass is 10.1. The molecule has 2 atom stereocenters. The largest absolute Gasteiger partial charge is 0.490 e. The molecule has 2 saturated heterocycles. The molecule has 42 heavy (non-hydrogen) atoms. The molecule has 0 spiro atoms. The number of fused-ring (bicyclic) bond motifs is 2. The summed E-state index contributed by atoms with van der Waals surface area (Å²) in [6.45, 7) is 6.20. The Morgan fingerprint density at radius 1 is 0.738 bits per heavy atom. The van der Waals surface area contributed by atoms with Gasteiger partial charge >= 0.3 is 11.8 Å². The Kier molecular flexibility index (Phi) is 8.16. The van der Waals surface area contributed by atoms with Gasteiger partial charge in [-0.15, -0.1) is 0 Å². The number of rotatable bonds is 8. The minimum Gasteiger partial charge on any atom is -0.490 e. The molecular formula is C32H34N4O6. The van der Waals surface area contributed by atoms with Gasteiger partial charge in [-0.3, -0.25) is 19.6 Å². The number of nitrogens with one attached hydrogen (secondary N) is 2. The summed E-state index contributed by atoms with van der Waals surface area (Å²) in [4.78, 5) is 34.9. The quantitative estimate of drug-likeness (QED) is 0.281. The lowest BCUT2D eigenvalue weighted by Gasteiger charge is -2.15. The second-order valence-corrected chi connectivity index (χ2v) is 10.8. The first-order valence-corrected chi connectivity index (χ1v) is 14.4. The summed E-state index contributed by atoms with van der Waals surface area (Å²) in [5.41, 5.74) is 4.02. The van der Waals surface area contributed by atoms with Crippen LogP contribution in [0.5, 0.6) is 11.5 Å². The number of pyridine rings is 2. The fraction of sp³-hybridized carbons (Fsp3) is 0.375. The van der Waals surface area contributed by atoms with Crippen LogP contribution in [0.2, 0.25) is 0 Å². The zero-order valence-corrected chi connectivity index (χ0v) is 23.8. The highest BCUT2D eigenvalue weighted by molar-refractivity contribution is 6.43. The van der Waals surface area contributed by atoms with Crippen LogP contribution in [-0.2, 0) is 19.1 Å². The molecule has 2 N–H and O–H groups in total. The topological polar surface area (TPSA) is 121 Å². The van der Waals surface area contributed by atoms with E-state index in [9.17, 15) is 9.59 Å². The van der Waals surface area contributed by atoms with Crippen molar-refractivity contribution >= 4 is 45.0 Å². The van der Waals surface area contributed by atoms with Gasteiger partial charge in [0.1, 0.15) is 24.7 Å². The van der Waals surface area contributed by atoms with Crippen molar-refractivity contribution in [3.05, 3.63) is 59.9 Å². The molecule has 4 aromatic rings. The van der Waals surface area contributed by atoms with Gasteiger partial charge < -0.3 is 29.6 Å². The van der Waals surface area contributed by atoms with Crippen molar-refractivity contribution in [3.8, 4) is 11.5 Å². The molecule has 0 radical (unpaired) electrons. The molecule has 2 fully saturated rings. The summed E-state index contributed by atoms with van der Waals surface area (Å²) in [7, 11) is 0. The standard InChI is InChI=1S/C32H34N4O6/c1-19-13-29(41-17-23-5-3-11-39-23)25-15-21(7-9-27(25)33-19)35-31(37)32(38)36-22-8-10-28-26(16-22)30(14-20(2)34-28)42-18-24-6-4-12-40-24/h7-10,13-16,23-24H,3-6,11-12,17-18H2,1-2H3,(H,35,37)(H,36,38). The maximum absolute atomic E-state index is 12.9. The zero-order valence-electron chi connectivity index (χ0n) is 23.8. The van der Waals surface area contributed by atoms with Crippen LogP contribution in [0.1, 0.15) is 37.1 Å². The summed E-state index contributed by atoms with van der Waals surface area (Å²) in [6, 6.07) is 14.3. The van der Waals surface area contributed by atoms with Gasteiger partial charge in [0.15, 0.2) is 0 Å². The Morgan fingerprint density at radius 3 is 1.60 bits per heavy atom. The van der Waals surface area contributed by atoms with Crippen molar-refractivity contribution < 1.29 is 28.5 Å². The third kappa shape index (κ3) is 6.45. The lowest BCUT2D eigenvalue weighted by molar-refractivity contribution is -0.132. The minimum atomic E-state index is -0.798. The van der Waals surface area contributed by atoms with Gasteiger partial charge in [-0.25, -0.2) is 0 Å². The van der Waals surface area contributed by atoms with Crippen LogP contribution in [0.4, 0.5) is 11.4 Å². The first-order valence-electron chi connectivity index (χ1n) is 14.4. The number of amides is 2. The Labute approximate surface area is 243 Å². The number of aryl methyl sites for hydroxylation is 2. The molecular weight excluding hydrogens is 536 g/mol. The van der Waals surface area contributed by atoms with Crippen molar-refractivity contribution in [2.75, 3.05) is 37.1 Å². The third-order valence-electron chi connectivity index (χ3n) is 7.42. The highest BCUT2D eigenvalue weighted by atomic mass is 16.5. The molecule has 2 aromatic heterocycles. The van der Waals surface area contributed by atoms with Crippen molar-refractivity contribution in [1.82, 2.24) is 9.97 Å². The monoisotopic (exact) mass is 570 g/mol. The molecule has 218 valence electrons.